The maximum Gasteiger partial charge on any atom is 0.231 e. The minimum absolute atomic E-state index is 0.0721. The van der Waals surface area contributed by atoms with Crippen molar-refractivity contribution in [3.8, 4) is 0 Å². The van der Waals surface area contributed by atoms with Crippen LogP contribution in [0.1, 0.15) is 24.9 Å². The second kappa shape index (κ2) is 8.11. The first-order valence-corrected chi connectivity index (χ1v) is 7.46. The van der Waals surface area contributed by atoms with E-state index >= 15 is 0 Å². The largest absolute Gasteiger partial charge is 0.369 e. The van der Waals surface area contributed by atoms with E-state index in [1.807, 2.05) is 31.2 Å². The number of hydrogen-bond donors (Lipinski definition) is 3. The summed E-state index contributed by atoms with van der Waals surface area (Å²) in [6.45, 7) is 1.80. The number of primary amides is 2. The number of benzene rings is 1. The lowest BCUT2D eigenvalue weighted by molar-refractivity contribution is -0.123. The number of carbonyl (C=O) groups excluding carboxylic acids is 2. The quantitative estimate of drug-likeness (QED) is 0.628. The maximum absolute atomic E-state index is 11.3. The molecule has 1 aromatic carbocycles. The van der Waals surface area contributed by atoms with Gasteiger partial charge in [-0.1, -0.05) is 35.0 Å². The van der Waals surface area contributed by atoms with Gasteiger partial charge in [-0.05, 0) is 24.1 Å². The monoisotopic (exact) mass is 356 g/mol. The Balaban J connectivity index is 3.15. The van der Waals surface area contributed by atoms with Gasteiger partial charge in [0.25, 0.3) is 0 Å². The predicted octanol–water partition coefficient (Wildman–Crippen LogP) is 0.500. The van der Waals surface area contributed by atoms with Crippen LogP contribution in [0.4, 0.5) is 0 Å². The van der Waals surface area contributed by atoms with Crippen LogP contribution in [0.5, 0.6) is 0 Å². The van der Waals surface area contributed by atoms with Crippen molar-refractivity contribution in [3.63, 3.8) is 0 Å². The summed E-state index contributed by atoms with van der Waals surface area (Å²) in [6.07, 6.45) is 0.689. The zero-order chi connectivity index (χ0) is 16.0. The molecule has 1 rings (SSSR count). The molecule has 0 spiro atoms. The van der Waals surface area contributed by atoms with Gasteiger partial charge in [-0.2, -0.15) is 0 Å². The van der Waals surface area contributed by atoms with Crippen molar-refractivity contribution in [1.29, 1.82) is 0 Å². The summed E-state index contributed by atoms with van der Waals surface area (Å²) in [7, 11) is 0. The lowest BCUT2D eigenvalue weighted by atomic mass is 9.96. The van der Waals surface area contributed by atoms with Crippen LogP contribution in [0.3, 0.4) is 0 Å². The van der Waals surface area contributed by atoms with Gasteiger partial charge in [0.1, 0.15) is 0 Å². The molecule has 0 saturated carbocycles. The van der Waals surface area contributed by atoms with E-state index in [2.05, 4.69) is 15.9 Å². The van der Waals surface area contributed by atoms with Gasteiger partial charge in [0.05, 0.1) is 19.1 Å². The predicted molar refractivity (Wildman–Crippen MR) is 85.1 cm³/mol. The highest BCUT2D eigenvalue weighted by Crippen LogP contribution is 2.26. The Labute approximate surface area is 132 Å². The molecule has 0 saturated heterocycles. The summed E-state index contributed by atoms with van der Waals surface area (Å²) >= 11 is 3.37. The van der Waals surface area contributed by atoms with Crippen LogP contribution in [0.15, 0.2) is 28.7 Å². The van der Waals surface area contributed by atoms with Crippen molar-refractivity contribution < 1.29 is 9.59 Å². The SMILES string of the molecule is CCC(N)C(c1ccc(Br)cc1)N(CC(N)=O)CC(N)=O. The molecule has 116 valence electrons. The lowest BCUT2D eigenvalue weighted by Crippen LogP contribution is -2.47. The van der Waals surface area contributed by atoms with E-state index in [0.29, 0.717) is 6.42 Å². The van der Waals surface area contributed by atoms with Gasteiger partial charge >= 0.3 is 0 Å². The third kappa shape index (κ3) is 5.45. The van der Waals surface area contributed by atoms with Gasteiger partial charge in [-0.15, -0.1) is 0 Å². The minimum atomic E-state index is -0.526. The van der Waals surface area contributed by atoms with Crippen LogP contribution in [-0.4, -0.2) is 35.8 Å². The average Bonchev–Trinajstić information content (AvgIpc) is 2.39. The highest BCUT2D eigenvalue weighted by molar-refractivity contribution is 9.10. The zero-order valence-corrected chi connectivity index (χ0v) is 13.5. The second-order valence-electron chi connectivity index (χ2n) is 4.91. The lowest BCUT2D eigenvalue weighted by Gasteiger charge is -2.34. The molecule has 0 aliphatic heterocycles. The minimum Gasteiger partial charge on any atom is -0.369 e. The van der Waals surface area contributed by atoms with Gasteiger partial charge in [0.2, 0.25) is 11.8 Å². The molecular weight excluding hydrogens is 336 g/mol. The van der Waals surface area contributed by atoms with Crippen molar-refractivity contribution in [2.75, 3.05) is 13.1 Å². The first-order valence-electron chi connectivity index (χ1n) is 6.66. The molecule has 2 amide bonds. The van der Waals surface area contributed by atoms with Crippen LogP contribution >= 0.6 is 15.9 Å². The fourth-order valence-corrected chi connectivity index (χ4v) is 2.53. The Kier molecular flexibility index (Phi) is 6.80. The van der Waals surface area contributed by atoms with E-state index in [9.17, 15) is 9.59 Å². The highest BCUT2D eigenvalue weighted by Gasteiger charge is 2.27. The molecule has 21 heavy (non-hydrogen) atoms. The number of nitrogens with zero attached hydrogens (tertiary/aromatic N) is 1. The van der Waals surface area contributed by atoms with E-state index in [-0.39, 0.29) is 25.2 Å². The van der Waals surface area contributed by atoms with E-state index < -0.39 is 11.8 Å². The summed E-state index contributed by atoms with van der Waals surface area (Å²) < 4.78 is 0.937. The van der Waals surface area contributed by atoms with Gasteiger partial charge in [-0.3, -0.25) is 14.5 Å². The number of halogens is 1. The summed E-state index contributed by atoms with van der Waals surface area (Å²) in [5.41, 5.74) is 17.6. The van der Waals surface area contributed by atoms with Crippen LogP contribution in [-0.2, 0) is 9.59 Å². The standard InChI is InChI=1S/C14H21BrN4O2/c1-2-11(16)14(9-3-5-10(15)6-4-9)19(7-12(17)20)8-13(18)21/h3-6,11,14H,2,7-8,16H2,1H3,(H2,17,20)(H2,18,21). The molecule has 0 aliphatic rings. The Hall–Kier alpha value is -1.44. The summed E-state index contributed by atoms with van der Waals surface area (Å²) in [5, 5.41) is 0. The fraction of sp³-hybridized carbons (Fsp3) is 0.429. The smallest absolute Gasteiger partial charge is 0.231 e. The van der Waals surface area contributed by atoms with Crippen molar-refractivity contribution in [3.05, 3.63) is 34.3 Å². The molecule has 2 unspecified atom stereocenters. The number of hydrogen-bond acceptors (Lipinski definition) is 4. The molecule has 1 aromatic rings. The molecule has 7 heteroatoms. The Morgan fingerprint density at radius 3 is 2.00 bits per heavy atom. The highest BCUT2D eigenvalue weighted by atomic mass is 79.9. The first kappa shape index (κ1) is 17.6. The van der Waals surface area contributed by atoms with Gasteiger partial charge in [0, 0.05) is 10.5 Å². The van der Waals surface area contributed by atoms with Crippen LogP contribution in [0.2, 0.25) is 0 Å². The van der Waals surface area contributed by atoms with Crippen LogP contribution < -0.4 is 17.2 Å². The van der Waals surface area contributed by atoms with Crippen molar-refractivity contribution in [2.45, 2.75) is 25.4 Å². The fourth-order valence-electron chi connectivity index (χ4n) is 2.26. The van der Waals surface area contributed by atoms with Crippen LogP contribution in [0, 0.1) is 0 Å². The van der Waals surface area contributed by atoms with Gasteiger partial charge in [-0.25, -0.2) is 0 Å². The molecular formula is C14H21BrN4O2. The van der Waals surface area contributed by atoms with Crippen molar-refractivity contribution in [1.82, 2.24) is 4.90 Å². The topological polar surface area (TPSA) is 115 Å². The van der Waals surface area contributed by atoms with E-state index in [1.54, 1.807) is 4.90 Å². The van der Waals surface area contributed by atoms with E-state index in [0.717, 1.165) is 10.0 Å². The number of rotatable bonds is 8. The Bertz CT molecular complexity index is 476. The third-order valence-corrected chi connectivity index (χ3v) is 3.73. The summed E-state index contributed by atoms with van der Waals surface area (Å²) in [4.78, 5) is 24.2. The molecule has 0 heterocycles. The average molecular weight is 357 g/mol. The summed E-state index contributed by atoms with van der Waals surface area (Å²) in [6, 6.07) is 7.03. The van der Waals surface area contributed by atoms with E-state index in [4.69, 9.17) is 17.2 Å². The molecule has 0 bridgehead atoms. The molecule has 0 aliphatic carbocycles. The normalized spacial score (nSPS) is 13.9. The summed E-state index contributed by atoms with van der Waals surface area (Å²) in [5.74, 6) is -1.05. The van der Waals surface area contributed by atoms with E-state index in [1.165, 1.54) is 0 Å². The van der Waals surface area contributed by atoms with Gasteiger partial charge < -0.3 is 17.2 Å². The van der Waals surface area contributed by atoms with Crippen molar-refractivity contribution in [2.24, 2.45) is 17.2 Å². The van der Waals surface area contributed by atoms with Gasteiger partial charge in [0.15, 0.2) is 0 Å². The molecule has 2 atom stereocenters. The molecule has 6 N–H and O–H groups in total. The molecule has 6 nitrogen and oxygen atoms in total. The molecule has 0 fully saturated rings. The Morgan fingerprint density at radius 1 is 1.14 bits per heavy atom. The third-order valence-electron chi connectivity index (χ3n) is 3.20. The first-order chi connectivity index (χ1) is 9.85. The molecule has 0 aromatic heterocycles. The number of carbonyl (C=O) groups is 2. The molecule has 0 radical (unpaired) electrons. The zero-order valence-electron chi connectivity index (χ0n) is 12.0. The van der Waals surface area contributed by atoms with Crippen molar-refractivity contribution >= 4 is 27.7 Å². The maximum atomic E-state index is 11.3. The second-order valence-corrected chi connectivity index (χ2v) is 5.82. The number of nitrogens with two attached hydrogens (primary N) is 3. The van der Waals surface area contributed by atoms with Crippen LogP contribution in [0.25, 0.3) is 0 Å². The number of amides is 2. The Morgan fingerprint density at radius 2 is 1.62 bits per heavy atom.